The summed E-state index contributed by atoms with van der Waals surface area (Å²) >= 11 is 0. The second-order valence-corrected chi connectivity index (χ2v) is 8.38. The van der Waals surface area contributed by atoms with Crippen LogP contribution in [0.25, 0.3) is 0 Å². The largest absolute Gasteiger partial charge is 0.486 e. The van der Waals surface area contributed by atoms with Gasteiger partial charge in [-0.25, -0.2) is 4.39 Å². The Morgan fingerprint density at radius 3 is 2.63 bits per heavy atom. The number of carbonyl (C=O) groups excluding carboxylic acids is 1. The van der Waals surface area contributed by atoms with Crippen LogP contribution in [-0.2, 0) is 4.79 Å². The minimum Gasteiger partial charge on any atom is -0.486 e. The number of hydrogen-bond acceptors (Lipinski definition) is 5. The van der Waals surface area contributed by atoms with Gasteiger partial charge >= 0.3 is 0 Å². The maximum Gasteiger partial charge on any atom is 0.249 e. The van der Waals surface area contributed by atoms with Gasteiger partial charge in [0.1, 0.15) is 24.1 Å². The molecule has 0 radical (unpaired) electrons. The highest BCUT2D eigenvalue weighted by Crippen LogP contribution is 2.39. The van der Waals surface area contributed by atoms with Crippen molar-refractivity contribution in [2.75, 3.05) is 44.9 Å². The molecule has 0 aliphatic carbocycles. The van der Waals surface area contributed by atoms with Crippen LogP contribution in [0.4, 0.5) is 10.1 Å². The molecule has 3 heterocycles. The third-order valence-electron chi connectivity index (χ3n) is 6.45. The van der Waals surface area contributed by atoms with Crippen molar-refractivity contribution in [3.8, 4) is 11.5 Å². The summed E-state index contributed by atoms with van der Waals surface area (Å²) in [5.41, 5.74) is 0.609. The van der Waals surface area contributed by atoms with Crippen LogP contribution in [0, 0.1) is 5.82 Å². The molecule has 0 bridgehead atoms. The normalized spacial score (nSPS) is 23.3. The van der Waals surface area contributed by atoms with Crippen molar-refractivity contribution < 1.29 is 18.7 Å². The molecule has 0 aromatic heterocycles. The zero-order chi connectivity index (χ0) is 20.7. The van der Waals surface area contributed by atoms with E-state index >= 15 is 0 Å². The molecule has 2 aromatic carbocycles. The highest BCUT2D eigenvalue weighted by Gasteiger charge is 2.52. The highest BCUT2D eigenvalue weighted by atomic mass is 19.1. The van der Waals surface area contributed by atoms with E-state index < -0.39 is 5.54 Å². The minimum absolute atomic E-state index is 0.152. The topological polar surface area (TPSA) is 45.2 Å². The first kappa shape index (κ1) is 19.2. The zero-order valence-electron chi connectivity index (χ0n) is 17.1. The van der Waals surface area contributed by atoms with E-state index in [0.29, 0.717) is 31.3 Å². The van der Waals surface area contributed by atoms with E-state index in [1.807, 2.05) is 30.1 Å². The van der Waals surface area contributed by atoms with Crippen molar-refractivity contribution >= 4 is 11.6 Å². The smallest absolute Gasteiger partial charge is 0.249 e. The number of likely N-dealkylation sites (N-methyl/N-ethyl adjacent to an activating group) is 1. The number of anilines is 1. The standard InChI is InChI=1S/C23H26FN3O3/c1-25-16-27(18-5-3-2-4-6-18)23(22(25)28)9-11-26(12-10-23)14-19-15-29-20-8-7-17(24)13-21(20)30-19/h2-8,13,19H,9-12,14-16H2,1H3. The zero-order valence-corrected chi connectivity index (χ0v) is 17.1. The Balaban J connectivity index is 1.26. The summed E-state index contributed by atoms with van der Waals surface area (Å²) in [5, 5.41) is 0. The van der Waals surface area contributed by atoms with Gasteiger partial charge < -0.3 is 19.3 Å². The summed E-state index contributed by atoms with van der Waals surface area (Å²) in [4.78, 5) is 19.5. The van der Waals surface area contributed by atoms with E-state index in [9.17, 15) is 9.18 Å². The van der Waals surface area contributed by atoms with Crippen LogP contribution in [-0.4, -0.2) is 67.3 Å². The van der Waals surface area contributed by atoms with Crippen molar-refractivity contribution in [3.05, 3.63) is 54.3 Å². The molecule has 0 N–H and O–H groups in total. The van der Waals surface area contributed by atoms with Gasteiger partial charge in [-0.05, 0) is 37.1 Å². The monoisotopic (exact) mass is 411 g/mol. The van der Waals surface area contributed by atoms with Crippen LogP contribution in [0.15, 0.2) is 48.5 Å². The predicted molar refractivity (Wildman–Crippen MR) is 111 cm³/mol. The Morgan fingerprint density at radius 1 is 1.10 bits per heavy atom. The van der Waals surface area contributed by atoms with E-state index in [1.165, 1.54) is 12.1 Å². The summed E-state index contributed by atoms with van der Waals surface area (Å²) in [6.45, 7) is 3.36. The first-order valence-corrected chi connectivity index (χ1v) is 10.4. The van der Waals surface area contributed by atoms with Gasteiger partial charge in [0.25, 0.3) is 0 Å². The van der Waals surface area contributed by atoms with Crippen molar-refractivity contribution in [1.82, 2.24) is 9.80 Å². The van der Waals surface area contributed by atoms with Crippen LogP contribution in [0.2, 0.25) is 0 Å². The third-order valence-corrected chi connectivity index (χ3v) is 6.45. The fourth-order valence-electron chi connectivity index (χ4n) is 4.88. The molecule has 30 heavy (non-hydrogen) atoms. The number of para-hydroxylation sites is 1. The van der Waals surface area contributed by atoms with Crippen molar-refractivity contribution in [2.45, 2.75) is 24.5 Å². The van der Waals surface area contributed by atoms with E-state index in [-0.39, 0.29) is 17.8 Å². The summed E-state index contributed by atoms with van der Waals surface area (Å²) in [7, 11) is 1.88. The van der Waals surface area contributed by atoms with Gasteiger partial charge in [-0.1, -0.05) is 18.2 Å². The molecule has 2 saturated heterocycles. The van der Waals surface area contributed by atoms with Crippen LogP contribution in [0.1, 0.15) is 12.8 Å². The molecular weight excluding hydrogens is 385 g/mol. The van der Waals surface area contributed by atoms with Crippen molar-refractivity contribution in [1.29, 1.82) is 0 Å². The van der Waals surface area contributed by atoms with Gasteiger partial charge in [0.15, 0.2) is 11.5 Å². The number of fused-ring (bicyclic) bond motifs is 1. The summed E-state index contributed by atoms with van der Waals surface area (Å²) < 4.78 is 25.2. The number of amides is 1. The molecule has 0 saturated carbocycles. The second kappa shape index (κ2) is 7.47. The molecule has 1 amide bonds. The quantitative estimate of drug-likeness (QED) is 0.777. The van der Waals surface area contributed by atoms with Gasteiger partial charge in [-0.3, -0.25) is 9.69 Å². The predicted octanol–water partition coefficient (Wildman–Crippen LogP) is 2.74. The number of nitrogens with zero attached hydrogens (tertiary/aromatic N) is 3. The van der Waals surface area contributed by atoms with Crippen LogP contribution in [0.5, 0.6) is 11.5 Å². The fourth-order valence-corrected chi connectivity index (χ4v) is 4.88. The summed E-state index contributed by atoms with van der Waals surface area (Å²) in [6, 6.07) is 14.5. The van der Waals surface area contributed by atoms with Gasteiger partial charge in [-0.15, -0.1) is 0 Å². The molecule has 5 rings (SSSR count). The van der Waals surface area contributed by atoms with E-state index in [2.05, 4.69) is 21.9 Å². The number of benzene rings is 2. The molecule has 1 unspecified atom stereocenters. The lowest BCUT2D eigenvalue weighted by atomic mass is 9.85. The Bertz CT molecular complexity index is 931. The molecule has 158 valence electrons. The Labute approximate surface area is 175 Å². The number of carbonyl (C=O) groups is 1. The molecule has 2 aromatic rings. The first-order valence-electron chi connectivity index (χ1n) is 10.4. The molecule has 1 spiro atoms. The summed E-state index contributed by atoms with van der Waals surface area (Å²) in [5.74, 6) is 0.918. The van der Waals surface area contributed by atoms with Crippen molar-refractivity contribution in [3.63, 3.8) is 0 Å². The molecule has 3 aliphatic heterocycles. The molecule has 1 atom stereocenters. The van der Waals surface area contributed by atoms with E-state index in [0.717, 1.165) is 31.6 Å². The minimum atomic E-state index is -0.480. The molecule has 6 nitrogen and oxygen atoms in total. The number of likely N-dealkylation sites (tertiary alicyclic amines) is 1. The number of piperidine rings is 1. The number of ether oxygens (including phenoxy) is 2. The lowest BCUT2D eigenvalue weighted by molar-refractivity contribution is -0.132. The Kier molecular flexibility index (Phi) is 4.77. The number of rotatable bonds is 3. The average Bonchev–Trinajstić information content (AvgIpc) is 3.01. The van der Waals surface area contributed by atoms with E-state index in [1.54, 1.807) is 6.07 Å². The SMILES string of the molecule is CN1CN(c2ccccc2)C2(CCN(CC3COc4ccc(F)cc4O3)CC2)C1=O. The summed E-state index contributed by atoms with van der Waals surface area (Å²) in [6.07, 6.45) is 1.38. The van der Waals surface area contributed by atoms with Crippen LogP contribution >= 0.6 is 0 Å². The fraction of sp³-hybridized carbons (Fsp3) is 0.435. The van der Waals surface area contributed by atoms with Gasteiger partial charge in [0, 0.05) is 38.4 Å². The van der Waals surface area contributed by atoms with Gasteiger partial charge in [0.05, 0.1) is 6.67 Å². The maximum absolute atomic E-state index is 13.5. The average molecular weight is 411 g/mol. The molecule has 2 fully saturated rings. The second-order valence-electron chi connectivity index (χ2n) is 8.38. The first-order chi connectivity index (χ1) is 14.5. The van der Waals surface area contributed by atoms with Gasteiger partial charge in [-0.2, -0.15) is 0 Å². The van der Waals surface area contributed by atoms with Crippen LogP contribution in [0.3, 0.4) is 0 Å². The van der Waals surface area contributed by atoms with E-state index in [4.69, 9.17) is 9.47 Å². The Hall–Kier alpha value is -2.80. The maximum atomic E-state index is 13.5. The third kappa shape index (κ3) is 3.27. The Morgan fingerprint density at radius 2 is 1.87 bits per heavy atom. The molecule has 7 heteroatoms. The molecule has 3 aliphatic rings. The lowest BCUT2D eigenvalue weighted by Gasteiger charge is -2.44. The number of hydrogen-bond donors (Lipinski definition) is 0. The number of halogens is 1. The van der Waals surface area contributed by atoms with Gasteiger partial charge in [0.2, 0.25) is 5.91 Å². The van der Waals surface area contributed by atoms with Crippen LogP contribution < -0.4 is 14.4 Å². The lowest BCUT2D eigenvalue weighted by Crippen LogP contribution is -2.57. The van der Waals surface area contributed by atoms with Crippen molar-refractivity contribution in [2.24, 2.45) is 0 Å². The molecular formula is C23H26FN3O3. The highest BCUT2D eigenvalue weighted by molar-refractivity contribution is 5.93.